The molecule has 0 radical (unpaired) electrons. The number of fused-ring (bicyclic) bond motifs is 1. The Morgan fingerprint density at radius 1 is 1.24 bits per heavy atom. The number of hydrogen-bond donors (Lipinski definition) is 0. The zero-order chi connectivity index (χ0) is 18.0. The number of carbonyl (C=O) groups excluding carboxylic acids is 1. The maximum Gasteiger partial charge on any atom is 0.508 e. The summed E-state index contributed by atoms with van der Waals surface area (Å²) in [4.78, 5) is 20.7. The molecule has 7 heteroatoms. The molecule has 1 aromatic carbocycles. The Bertz CT molecular complexity index is 784. The summed E-state index contributed by atoms with van der Waals surface area (Å²) in [6, 6.07) is 5.81. The molecule has 0 aliphatic heterocycles. The fourth-order valence-corrected chi connectivity index (χ4v) is 2.63. The van der Waals surface area contributed by atoms with Gasteiger partial charge >= 0.3 is 6.16 Å². The maximum absolute atomic E-state index is 11.5. The van der Waals surface area contributed by atoms with E-state index in [0.717, 1.165) is 34.0 Å². The third-order valence-electron chi connectivity index (χ3n) is 3.51. The van der Waals surface area contributed by atoms with Crippen LogP contribution in [0, 0.1) is 0 Å². The third-order valence-corrected chi connectivity index (χ3v) is 4.01. The molecule has 0 amide bonds. The van der Waals surface area contributed by atoms with Crippen LogP contribution in [0.2, 0.25) is 0 Å². The summed E-state index contributed by atoms with van der Waals surface area (Å²) in [5.74, 6) is 1.76. The predicted molar refractivity (Wildman–Crippen MR) is 96.9 cm³/mol. The molecule has 2 aromatic rings. The number of aromatic nitrogens is 2. The van der Waals surface area contributed by atoms with Crippen molar-refractivity contribution in [2.45, 2.75) is 45.1 Å². The summed E-state index contributed by atoms with van der Waals surface area (Å²) >= 11 is 3.46. The second kappa shape index (κ2) is 7.15. The van der Waals surface area contributed by atoms with E-state index in [1.54, 1.807) is 20.8 Å². The van der Waals surface area contributed by atoms with Gasteiger partial charge in [0, 0.05) is 10.4 Å². The minimum Gasteiger partial charge on any atom is -0.474 e. The molecule has 1 aliphatic carbocycles. The normalized spacial score (nSPS) is 14.4. The van der Waals surface area contributed by atoms with E-state index in [4.69, 9.17) is 14.2 Å². The summed E-state index contributed by atoms with van der Waals surface area (Å²) in [5.41, 5.74) is 0.273. The Hall–Kier alpha value is -1.89. The van der Waals surface area contributed by atoms with Gasteiger partial charge in [-0.2, -0.15) is 4.98 Å². The molecule has 0 spiro atoms. The Balaban J connectivity index is 1.66. The fraction of sp³-hybridized carbons (Fsp3) is 0.500. The second-order valence-electron chi connectivity index (χ2n) is 6.98. The SMILES string of the molecule is CC(C)(C)OC(=O)OCCOc1nc(C2CC2)nc2ccc(Br)cc12. The van der Waals surface area contributed by atoms with Crippen LogP contribution in [0.25, 0.3) is 10.9 Å². The number of halogens is 1. The molecule has 6 nitrogen and oxygen atoms in total. The first-order chi connectivity index (χ1) is 11.8. The van der Waals surface area contributed by atoms with E-state index in [2.05, 4.69) is 25.9 Å². The predicted octanol–water partition coefficient (Wildman–Crippen LogP) is 4.60. The number of benzene rings is 1. The molecule has 1 heterocycles. The molecular formula is C18H21BrN2O4. The fourth-order valence-electron chi connectivity index (χ4n) is 2.27. The Kier molecular flexibility index (Phi) is 5.13. The lowest BCUT2D eigenvalue weighted by molar-refractivity contribution is -0.0115. The topological polar surface area (TPSA) is 70.5 Å². The van der Waals surface area contributed by atoms with Crippen LogP contribution >= 0.6 is 15.9 Å². The Labute approximate surface area is 155 Å². The largest absolute Gasteiger partial charge is 0.508 e. The van der Waals surface area contributed by atoms with Gasteiger partial charge in [0.25, 0.3) is 0 Å². The van der Waals surface area contributed by atoms with Crippen LogP contribution in [-0.2, 0) is 9.47 Å². The first-order valence-corrected chi connectivity index (χ1v) is 9.07. The Morgan fingerprint density at radius 2 is 2.00 bits per heavy atom. The van der Waals surface area contributed by atoms with Gasteiger partial charge in [-0.25, -0.2) is 9.78 Å². The van der Waals surface area contributed by atoms with Crippen molar-refractivity contribution in [1.29, 1.82) is 0 Å². The highest BCUT2D eigenvalue weighted by molar-refractivity contribution is 9.10. The molecule has 0 bridgehead atoms. The van der Waals surface area contributed by atoms with E-state index in [9.17, 15) is 4.79 Å². The van der Waals surface area contributed by atoms with Crippen molar-refractivity contribution in [3.05, 3.63) is 28.5 Å². The zero-order valence-corrected chi connectivity index (χ0v) is 16.1. The van der Waals surface area contributed by atoms with E-state index in [0.29, 0.717) is 11.8 Å². The number of ether oxygens (including phenoxy) is 3. The summed E-state index contributed by atoms with van der Waals surface area (Å²) < 4.78 is 16.8. The molecule has 1 fully saturated rings. The number of nitrogens with zero attached hydrogens (tertiary/aromatic N) is 2. The van der Waals surface area contributed by atoms with Crippen LogP contribution in [0.5, 0.6) is 5.88 Å². The van der Waals surface area contributed by atoms with Crippen LogP contribution in [0.4, 0.5) is 4.79 Å². The minimum atomic E-state index is -0.704. The summed E-state index contributed by atoms with van der Waals surface area (Å²) in [6.07, 6.45) is 1.52. The van der Waals surface area contributed by atoms with E-state index < -0.39 is 11.8 Å². The molecule has 1 aliphatic rings. The minimum absolute atomic E-state index is 0.0905. The highest BCUT2D eigenvalue weighted by Gasteiger charge is 2.28. The van der Waals surface area contributed by atoms with Gasteiger partial charge < -0.3 is 14.2 Å². The molecule has 0 saturated heterocycles. The molecule has 3 rings (SSSR count). The first kappa shape index (κ1) is 17.9. The molecule has 0 atom stereocenters. The highest BCUT2D eigenvalue weighted by atomic mass is 79.9. The van der Waals surface area contributed by atoms with Gasteiger partial charge in [0.2, 0.25) is 5.88 Å². The smallest absolute Gasteiger partial charge is 0.474 e. The Morgan fingerprint density at radius 3 is 2.68 bits per heavy atom. The van der Waals surface area contributed by atoms with Crippen molar-refractivity contribution in [3.8, 4) is 5.88 Å². The molecule has 25 heavy (non-hydrogen) atoms. The van der Waals surface area contributed by atoms with Crippen molar-refractivity contribution in [2.75, 3.05) is 13.2 Å². The van der Waals surface area contributed by atoms with Crippen LogP contribution in [-0.4, -0.2) is 34.9 Å². The molecular weight excluding hydrogens is 388 g/mol. The van der Waals surface area contributed by atoms with Gasteiger partial charge in [-0.3, -0.25) is 0 Å². The first-order valence-electron chi connectivity index (χ1n) is 8.27. The van der Waals surface area contributed by atoms with Crippen molar-refractivity contribution in [1.82, 2.24) is 9.97 Å². The number of hydrogen-bond acceptors (Lipinski definition) is 6. The van der Waals surface area contributed by atoms with E-state index in [1.807, 2.05) is 18.2 Å². The number of rotatable bonds is 5. The zero-order valence-electron chi connectivity index (χ0n) is 14.5. The standard InChI is InChI=1S/C18H21BrN2O4/c1-18(2,3)25-17(22)24-9-8-23-16-13-10-12(19)6-7-14(13)20-15(21-16)11-4-5-11/h6-7,10-11H,4-5,8-9H2,1-3H3. The quantitative estimate of drug-likeness (QED) is 0.531. The van der Waals surface area contributed by atoms with Gasteiger partial charge in [-0.1, -0.05) is 15.9 Å². The van der Waals surface area contributed by atoms with Gasteiger partial charge in [0.1, 0.15) is 24.6 Å². The van der Waals surface area contributed by atoms with Crippen molar-refractivity contribution in [2.24, 2.45) is 0 Å². The van der Waals surface area contributed by atoms with Gasteiger partial charge in [-0.15, -0.1) is 0 Å². The van der Waals surface area contributed by atoms with Crippen LogP contribution in [0.1, 0.15) is 45.4 Å². The molecule has 1 saturated carbocycles. The molecule has 0 N–H and O–H groups in total. The monoisotopic (exact) mass is 408 g/mol. The second-order valence-corrected chi connectivity index (χ2v) is 7.90. The maximum atomic E-state index is 11.5. The highest BCUT2D eigenvalue weighted by Crippen LogP contribution is 2.40. The van der Waals surface area contributed by atoms with Crippen LogP contribution < -0.4 is 4.74 Å². The van der Waals surface area contributed by atoms with Gasteiger partial charge in [0.15, 0.2) is 0 Å². The molecule has 1 aromatic heterocycles. The molecule has 0 unspecified atom stereocenters. The summed E-state index contributed by atoms with van der Waals surface area (Å²) in [5, 5.41) is 0.830. The molecule has 134 valence electrons. The van der Waals surface area contributed by atoms with Gasteiger partial charge in [-0.05, 0) is 51.8 Å². The lowest BCUT2D eigenvalue weighted by Crippen LogP contribution is -2.25. The number of carbonyl (C=O) groups is 1. The van der Waals surface area contributed by atoms with Crippen LogP contribution in [0.15, 0.2) is 22.7 Å². The van der Waals surface area contributed by atoms with E-state index in [-0.39, 0.29) is 13.2 Å². The van der Waals surface area contributed by atoms with Crippen molar-refractivity contribution in [3.63, 3.8) is 0 Å². The lowest BCUT2D eigenvalue weighted by Gasteiger charge is -2.18. The van der Waals surface area contributed by atoms with E-state index >= 15 is 0 Å². The summed E-state index contributed by atoms with van der Waals surface area (Å²) in [6.45, 7) is 5.65. The van der Waals surface area contributed by atoms with Crippen LogP contribution in [0.3, 0.4) is 0 Å². The average Bonchev–Trinajstić information content (AvgIpc) is 3.34. The average molecular weight is 409 g/mol. The lowest BCUT2D eigenvalue weighted by atomic mass is 10.2. The van der Waals surface area contributed by atoms with Gasteiger partial charge in [0.05, 0.1) is 10.9 Å². The summed E-state index contributed by atoms with van der Waals surface area (Å²) in [7, 11) is 0. The van der Waals surface area contributed by atoms with Crippen molar-refractivity contribution >= 4 is 33.0 Å². The van der Waals surface area contributed by atoms with Crippen molar-refractivity contribution < 1.29 is 19.0 Å². The van der Waals surface area contributed by atoms with E-state index in [1.165, 1.54) is 0 Å². The third kappa shape index (κ3) is 5.04.